The van der Waals surface area contributed by atoms with Gasteiger partial charge in [-0.05, 0) is 49.7 Å². The number of esters is 1. The van der Waals surface area contributed by atoms with E-state index in [1.54, 1.807) is 36.0 Å². The first kappa shape index (κ1) is 20.2. The predicted molar refractivity (Wildman–Crippen MR) is 104 cm³/mol. The summed E-state index contributed by atoms with van der Waals surface area (Å²) in [6.07, 6.45) is 1.39. The molecule has 0 aliphatic heterocycles. The fourth-order valence-electron chi connectivity index (χ4n) is 2.77. The molecule has 29 heavy (non-hydrogen) atoms. The van der Waals surface area contributed by atoms with E-state index in [1.165, 1.54) is 23.2 Å². The summed E-state index contributed by atoms with van der Waals surface area (Å²) in [5, 5.41) is 4.34. The smallest absolute Gasteiger partial charge is 0.340 e. The Hall–Kier alpha value is -3.55. The molecular weight excluding hydrogens is 375 g/mol. The van der Waals surface area contributed by atoms with E-state index in [-0.39, 0.29) is 23.8 Å². The van der Waals surface area contributed by atoms with Crippen LogP contribution in [0.25, 0.3) is 5.82 Å². The number of benzene rings is 1. The van der Waals surface area contributed by atoms with Crippen LogP contribution in [0.15, 0.2) is 48.7 Å². The van der Waals surface area contributed by atoms with E-state index in [9.17, 15) is 14.0 Å². The van der Waals surface area contributed by atoms with E-state index in [2.05, 4.69) is 10.1 Å². The van der Waals surface area contributed by atoms with Crippen molar-refractivity contribution in [2.75, 3.05) is 13.7 Å². The molecule has 0 aliphatic carbocycles. The average molecular weight is 396 g/mol. The Labute approximate surface area is 167 Å². The topological polar surface area (TPSA) is 77.3 Å². The van der Waals surface area contributed by atoms with Crippen LogP contribution in [0.2, 0.25) is 0 Å². The highest BCUT2D eigenvalue weighted by Crippen LogP contribution is 2.11. The molecule has 0 radical (unpaired) electrons. The van der Waals surface area contributed by atoms with Crippen LogP contribution in [-0.2, 0) is 16.1 Å². The number of hydrogen-bond donors (Lipinski definition) is 0. The number of rotatable bonds is 6. The molecule has 0 bridgehead atoms. The van der Waals surface area contributed by atoms with Gasteiger partial charge in [0.25, 0.3) is 5.91 Å². The second-order valence-electron chi connectivity index (χ2n) is 6.70. The van der Waals surface area contributed by atoms with Gasteiger partial charge in [-0.25, -0.2) is 18.9 Å². The largest absolute Gasteiger partial charge is 0.452 e. The maximum absolute atomic E-state index is 12.9. The van der Waals surface area contributed by atoms with Gasteiger partial charge >= 0.3 is 5.97 Å². The van der Waals surface area contributed by atoms with Crippen LogP contribution in [-0.4, -0.2) is 45.2 Å². The minimum absolute atomic E-state index is 0.240. The van der Waals surface area contributed by atoms with Gasteiger partial charge in [0, 0.05) is 25.5 Å². The normalized spacial score (nSPS) is 10.6. The molecule has 0 fully saturated rings. The number of pyridine rings is 1. The van der Waals surface area contributed by atoms with Crippen molar-refractivity contribution in [1.82, 2.24) is 19.7 Å². The summed E-state index contributed by atoms with van der Waals surface area (Å²) >= 11 is 0. The maximum atomic E-state index is 12.9. The molecule has 0 N–H and O–H groups in total. The van der Waals surface area contributed by atoms with Gasteiger partial charge < -0.3 is 9.64 Å². The first-order valence-corrected chi connectivity index (χ1v) is 8.98. The fourth-order valence-corrected chi connectivity index (χ4v) is 2.77. The zero-order chi connectivity index (χ0) is 21.0. The second-order valence-corrected chi connectivity index (χ2v) is 6.70. The van der Waals surface area contributed by atoms with Gasteiger partial charge in [-0.3, -0.25) is 4.79 Å². The van der Waals surface area contributed by atoms with Gasteiger partial charge in [0.2, 0.25) is 0 Å². The molecule has 1 amide bonds. The SMILES string of the molecule is Cc1cc(C)n(-c2ccc(C(=O)OCC(=O)N(C)Cc3ccc(F)cc3)cn2)n1. The minimum atomic E-state index is -0.638. The monoisotopic (exact) mass is 396 g/mol. The molecule has 0 saturated heterocycles. The van der Waals surface area contributed by atoms with E-state index in [0.717, 1.165) is 17.0 Å². The number of hydrogen-bond acceptors (Lipinski definition) is 5. The lowest BCUT2D eigenvalue weighted by molar-refractivity contribution is -0.133. The van der Waals surface area contributed by atoms with E-state index in [1.807, 2.05) is 19.9 Å². The molecular formula is C21H21FN4O3. The third kappa shape index (κ3) is 5.04. The van der Waals surface area contributed by atoms with Crippen LogP contribution in [0.3, 0.4) is 0 Å². The number of amides is 1. The Balaban J connectivity index is 1.55. The number of carbonyl (C=O) groups excluding carboxylic acids is 2. The molecule has 2 aromatic heterocycles. The molecule has 0 spiro atoms. The highest BCUT2D eigenvalue weighted by molar-refractivity contribution is 5.91. The van der Waals surface area contributed by atoms with Gasteiger partial charge in [-0.2, -0.15) is 5.10 Å². The third-order valence-corrected chi connectivity index (χ3v) is 4.30. The lowest BCUT2D eigenvalue weighted by Gasteiger charge is -2.17. The number of aryl methyl sites for hydroxylation is 2. The predicted octanol–water partition coefficient (Wildman–Crippen LogP) is 2.84. The van der Waals surface area contributed by atoms with Crippen LogP contribution in [0, 0.1) is 19.7 Å². The average Bonchev–Trinajstić information content (AvgIpc) is 3.05. The fraction of sp³-hybridized carbons (Fsp3) is 0.238. The lowest BCUT2D eigenvalue weighted by Crippen LogP contribution is -2.30. The van der Waals surface area contributed by atoms with Gasteiger partial charge in [-0.1, -0.05) is 12.1 Å². The molecule has 0 unspecified atom stereocenters. The lowest BCUT2D eigenvalue weighted by atomic mass is 10.2. The number of ether oxygens (including phenoxy) is 1. The summed E-state index contributed by atoms with van der Waals surface area (Å²) in [6.45, 7) is 3.70. The van der Waals surface area contributed by atoms with E-state index in [4.69, 9.17) is 4.74 Å². The Morgan fingerprint density at radius 3 is 2.45 bits per heavy atom. The van der Waals surface area contributed by atoms with Gasteiger partial charge in [-0.15, -0.1) is 0 Å². The van der Waals surface area contributed by atoms with Crippen molar-refractivity contribution in [2.24, 2.45) is 0 Å². The Bertz CT molecular complexity index is 1010. The van der Waals surface area contributed by atoms with Crippen molar-refractivity contribution < 1.29 is 18.7 Å². The number of carbonyl (C=O) groups is 2. The van der Waals surface area contributed by atoms with Crippen molar-refractivity contribution in [3.05, 3.63) is 77.0 Å². The van der Waals surface area contributed by atoms with Crippen molar-refractivity contribution in [2.45, 2.75) is 20.4 Å². The Kier molecular flexibility index (Phi) is 6.01. The van der Waals surface area contributed by atoms with Crippen LogP contribution < -0.4 is 0 Å². The first-order chi connectivity index (χ1) is 13.8. The minimum Gasteiger partial charge on any atom is -0.452 e. The second kappa shape index (κ2) is 8.64. The number of likely N-dealkylation sites (N-methyl/N-ethyl adjacent to an activating group) is 1. The Morgan fingerprint density at radius 1 is 1.14 bits per heavy atom. The molecule has 3 aromatic rings. The van der Waals surface area contributed by atoms with Gasteiger partial charge in [0.05, 0.1) is 11.3 Å². The summed E-state index contributed by atoms with van der Waals surface area (Å²) in [7, 11) is 1.59. The van der Waals surface area contributed by atoms with E-state index < -0.39 is 12.6 Å². The number of halogens is 1. The van der Waals surface area contributed by atoms with Crippen LogP contribution >= 0.6 is 0 Å². The summed E-state index contributed by atoms with van der Waals surface area (Å²) < 4.78 is 19.7. The van der Waals surface area contributed by atoms with Crippen LogP contribution in [0.5, 0.6) is 0 Å². The molecule has 1 aromatic carbocycles. The third-order valence-electron chi connectivity index (χ3n) is 4.30. The quantitative estimate of drug-likeness (QED) is 0.599. The molecule has 0 atom stereocenters. The summed E-state index contributed by atoms with van der Waals surface area (Å²) in [5.74, 6) is -0.757. The highest BCUT2D eigenvalue weighted by Gasteiger charge is 2.15. The number of nitrogens with zero attached hydrogens (tertiary/aromatic N) is 4. The number of aromatic nitrogens is 3. The summed E-state index contributed by atoms with van der Waals surface area (Å²) in [4.78, 5) is 30.0. The molecule has 8 heteroatoms. The zero-order valence-corrected chi connectivity index (χ0v) is 16.4. The standard InChI is InChI=1S/C21H21FN4O3/c1-14-10-15(2)26(24-14)19-9-6-17(11-23-19)21(28)29-13-20(27)25(3)12-16-4-7-18(22)8-5-16/h4-11H,12-13H2,1-3H3. The molecule has 2 heterocycles. The van der Waals surface area contributed by atoms with Crippen molar-refractivity contribution in [3.8, 4) is 5.82 Å². The summed E-state index contributed by atoms with van der Waals surface area (Å²) in [6, 6.07) is 11.0. The van der Waals surface area contributed by atoms with Gasteiger partial charge in [0.1, 0.15) is 5.82 Å². The zero-order valence-electron chi connectivity index (χ0n) is 16.4. The molecule has 0 aliphatic rings. The van der Waals surface area contributed by atoms with Gasteiger partial charge in [0.15, 0.2) is 12.4 Å². The van der Waals surface area contributed by atoms with Crippen LogP contribution in [0.1, 0.15) is 27.3 Å². The molecule has 0 saturated carbocycles. The van der Waals surface area contributed by atoms with E-state index >= 15 is 0 Å². The maximum Gasteiger partial charge on any atom is 0.340 e. The summed E-state index contributed by atoms with van der Waals surface area (Å²) in [5.41, 5.74) is 2.82. The molecule has 3 rings (SSSR count). The first-order valence-electron chi connectivity index (χ1n) is 8.98. The van der Waals surface area contributed by atoms with Crippen molar-refractivity contribution >= 4 is 11.9 Å². The van der Waals surface area contributed by atoms with Crippen molar-refractivity contribution in [3.63, 3.8) is 0 Å². The molecule has 150 valence electrons. The molecule has 7 nitrogen and oxygen atoms in total. The highest BCUT2D eigenvalue weighted by atomic mass is 19.1. The van der Waals surface area contributed by atoms with Crippen LogP contribution in [0.4, 0.5) is 4.39 Å². The van der Waals surface area contributed by atoms with E-state index in [0.29, 0.717) is 5.82 Å². The van der Waals surface area contributed by atoms with Crippen molar-refractivity contribution in [1.29, 1.82) is 0 Å². The Morgan fingerprint density at radius 2 is 1.86 bits per heavy atom.